The summed E-state index contributed by atoms with van der Waals surface area (Å²) in [7, 11) is -2.78. The molecule has 208 valence electrons. The van der Waals surface area contributed by atoms with Crippen molar-refractivity contribution in [2.45, 2.75) is 37.6 Å². The standard InChI is InChI=1S/C29H34FN3O5S/c1-4-27(29(35)31-3)32(20-19-22-9-7-6-8-10-22)28(34)21-33(24-13-15-25(16-14-24)38-5-2)39(36,37)26-17-11-23(30)12-18-26/h6-18,27H,4-5,19-21H2,1-3H3,(H,31,35)/t27-/m0/s1. The molecular formula is C29H34FN3O5S. The highest BCUT2D eigenvalue weighted by Gasteiger charge is 2.33. The second kappa shape index (κ2) is 13.7. The van der Waals surface area contributed by atoms with Crippen molar-refractivity contribution in [1.82, 2.24) is 10.2 Å². The SMILES string of the molecule is CCOc1ccc(N(CC(=O)N(CCc2ccccc2)[C@@H](CC)C(=O)NC)S(=O)(=O)c2ccc(F)cc2)cc1. The molecule has 1 atom stereocenters. The summed E-state index contributed by atoms with van der Waals surface area (Å²) in [4.78, 5) is 27.8. The monoisotopic (exact) mass is 555 g/mol. The summed E-state index contributed by atoms with van der Waals surface area (Å²) in [5, 5.41) is 2.60. The van der Waals surface area contributed by atoms with Crippen molar-refractivity contribution in [2.75, 3.05) is 31.0 Å². The van der Waals surface area contributed by atoms with E-state index in [1.807, 2.05) is 37.3 Å². The van der Waals surface area contributed by atoms with Crippen molar-refractivity contribution in [3.8, 4) is 5.75 Å². The van der Waals surface area contributed by atoms with Crippen LogP contribution in [0.5, 0.6) is 5.75 Å². The Morgan fingerprint density at radius 3 is 2.15 bits per heavy atom. The van der Waals surface area contributed by atoms with Crippen LogP contribution in [-0.2, 0) is 26.0 Å². The van der Waals surface area contributed by atoms with Gasteiger partial charge < -0.3 is 15.0 Å². The number of amides is 2. The smallest absolute Gasteiger partial charge is 0.264 e. The van der Waals surface area contributed by atoms with Crippen molar-refractivity contribution in [2.24, 2.45) is 0 Å². The van der Waals surface area contributed by atoms with Gasteiger partial charge in [0.1, 0.15) is 24.2 Å². The van der Waals surface area contributed by atoms with Crippen LogP contribution in [0.2, 0.25) is 0 Å². The number of halogens is 1. The molecular weight excluding hydrogens is 521 g/mol. The molecule has 0 saturated carbocycles. The highest BCUT2D eigenvalue weighted by atomic mass is 32.2. The fourth-order valence-corrected chi connectivity index (χ4v) is 5.61. The average Bonchev–Trinajstić information content (AvgIpc) is 2.95. The van der Waals surface area contributed by atoms with Crippen molar-refractivity contribution in [3.63, 3.8) is 0 Å². The molecule has 0 radical (unpaired) electrons. The zero-order valence-electron chi connectivity index (χ0n) is 22.3. The highest BCUT2D eigenvalue weighted by molar-refractivity contribution is 7.92. The van der Waals surface area contributed by atoms with E-state index in [4.69, 9.17) is 4.74 Å². The summed E-state index contributed by atoms with van der Waals surface area (Å²) in [6.07, 6.45) is 0.821. The fourth-order valence-electron chi connectivity index (χ4n) is 4.20. The number of nitrogens with one attached hydrogen (secondary N) is 1. The number of rotatable bonds is 13. The van der Waals surface area contributed by atoms with Crippen molar-refractivity contribution >= 4 is 27.5 Å². The molecule has 3 aromatic rings. The van der Waals surface area contributed by atoms with Gasteiger partial charge in [-0.05, 0) is 73.9 Å². The number of carbonyl (C=O) groups is 2. The molecule has 8 nitrogen and oxygen atoms in total. The summed E-state index contributed by atoms with van der Waals surface area (Å²) >= 11 is 0. The number of benzene rings is 3. The molecule has 1 N–H and O–H groups in total. The number of anilines is 1. The molecule has 10 heteroatoms. The van der Waals surface area contributed by atoms with E-state index in [2.05, 4.69) is 5.32 Å². The van der Waals surface area contributed by atoms with Gasteiger partial charge in [0.2, 0.25) is 11.8 Å². The van der Waals surface area contributed by atoms with Crippen LogP contribution in [-0.4, -0.2) is 57.9 Å². The van der Waals surface area contributed by atoms with Crippen molar-refractivity contribution in [1.29, 1.82) is 0 Å². The number of hydrogen-bond donors (Lipinski definition) is 1. The third-order valence-corrected chi connectivity index (χ3v) is 8.02. The van der Waals surface area contributed by atoms with Crippen LogP contribution in [0.25, 0.3) is 0 Å². The van der Waals surface area contributed by atoms with Crippen LogP contribution in [0.4, 0.5) is 10.1 Å². The quantitative estimate of drug-likeness (QED) is 0.344. The second-order valence-corrected chi connectivity index (χ2v) is 10.6. The summed E-state index contributed by atoms with van der Waals surface area (Å²) < 4.78 is 47.5. The van der Waals surface area contributed by atoms with E-state index in [1.165, 1.54) is 11.9 Å². The van der Waals surface area contributed by atoms with E-state index < -0.39 is 34.3 Å². The van der Waals surface area contributed by atoms with Gasteiger partial charge in [0.05, 0.1) is 17.2 Å². The van der Waals surface area contributed by atoms with Gasteiger partial charge >= 0.3 is 0 Å². The van der Waals surface area contributed by atoms with Gasteiger partial charge in [0, 0.05) is 13.6 Å². The van der Waals surface area contributed by atoms with Gasteiger partial charge in [-0.25, -0.2) is 12.8 Å². The van der Waals surface area contributed by atoms with E-state index in [-0.39, 0.29) is 23.0 Å². The van der Waals surface area contributed by atoms with E-state index in [0.717, 1.165) is 34.1 Å². The van der Waals surface area contributed by atoms with Gasteiger partial charge in [-0.15, -0.1) is 0 Å². The normalized spacial score (nSPS) is 11.9. The van der Waals surface area contributed by atoms with Gasteiger partial charge in [0.15, 0.2) is 0 Å². The summed E-state index contributed by atoms with van der Waals surface area (Å²) in [6, 6.07) is 19.5. The van der Waals surface area contributed by atoms with Gasteiger partial charge in [-0.2, -0.15) is 0 Å². The third-order valence-electron chi connectivity index (χ3n) is 6.23. The maximum atomic E-state index is 13.8. The van der Waals surface area contributed by atoms with Crippen molar-refractivity contribution in [3.05, 3.63) is 90.2 Å². The number of carbonyl (C=O) groups excluding carboxylic acids is 2. The summed E-state index contributed by atoms with van der Waals surface area (Å²) in [5.74, 6) is -0.920. The van der Waals surface area contributed by atoms with E-state index >= 15 is 0 Å². The van der Waals surface area contributed by atoms with Gasteiger partial charge in [-0.1, -0.05) is 37.3 Å². The lowest BCUT2D eigenvalue weighted by Gasteiger charge is -2.33. The predicted molar refractivity (Wildman–Crippen MR) is 149 cm³/mol. The molecule has 2 amide bonds. The zero-order valence-corrected chi connectivity index (χ0v) is 23.2. The van der Waals surface area contributed by atoms with Crippen molar-refractivity contribution < 1.29 is 27.1 Å². The zero-order chi connectivity index (χ0) is 28.4. The number of ether oxygens (including phenoxy) is 1. The van der Waals surface area contributed by atoms with Gasteiger partial charge in [0.25, 0.3) is 10.0 Å². The van der Waals surface area contributed by atoms with E-state index in [9.17, 15) is 22.4 Å². The molecule has 0 unspecified atom stereocenters. The highest BCUT2D eigenvalue weighted by Crippen LogP contribution is 2.27. The molecule has 0 heterocycles. The lowest BCUT2D eigenvalue weighted by molar-refractivity contribution is -0.139. The van der Waals surface area contributed by atoms with E-state index in [0.29, 0.717) is 25.2 Å². The Labute approximate surface area is 229 Å². The Balaban J connectivity index is 2.00. The number of hydrogen-bond acceptors (Lipinski definition) is 5. The lowest BCUT2D eigenvalue weighted by Crippen LogP contribution is -2.52. The first-order valence-corrected chi connectivity index (χ1v) is 14.2. The maximum Gasteiger partial charge on any atom is 0.264 e. The molecule has 0 bridgehead atoms. The van der Waals surface area contributed by atoms with Crippen LogP contribution in [0, 0.1) is 5.82 Å². The molecule has 0 saturated heterocycles. The fraction of sp³-hybridized carbons (Fsp3) is 0.310. The molecule has 0 aliphatic rings. The number of likely N-dealkylation sites (N-methyl/N-ethyl adjacent to an activating group) is 1. The molecule has 0 spiro atoms. The number of sulfonamides is 1. The topological polar surface area (TPSA) is 96.0 Å². The number of nitrogens with zero attached hydrogens (tertiary/aromatic N) is 2. The predicted octanol–water partition coefficient (Wildman–Crippen LogP) is 4.02. The molecule has 3 aromatic carbocycles. The molecule has 0 aliphatic carbocycles. The minimum absolute atomic E-state index is 0.167. The Bertz CT molecular complexity index is 1330. The Kier molecular flexibility index (Phi) is 10.4. The third kappa shape index (κ3) is 7.57. The van der Waals surface area contributed by atoms with E-state index in [1.54, 1.807) is 31.2 Å². The minimum Gasteiger partial charge on any atom is -0.494 e. The first-order chi connectivity index (χ1) is 18.7. The molecule has 39 heavy (non-hydrogen) atoms. The summed E-state index contributed by atoms with van der Waals surface area (Å²) in [6.45, 7) is 3.71. The maximum absolute atomic E-state index is 13.8. The lowest BCUT2D eigenvalue weighted by atomic mass is 10.1. The van der Waals surface area contributed by atoms with Crippen LogP contribution in [0.1, 0.15) is 25.8 Å². The minimum atomic E-state index is -4.27. The van der Waals surface area contributed by atoms with Crippen LogP contribution in [0.15, 0.2) is 83.8 Å². The Morgan fingerprint density at radius 1 is 0.949 bits per heavy atom. The second-order valence-electron chi connectivity index (χ2n) is 8.75. The molecule has 0 fully saturated rings. The summed E-state index contributed by atoms with van der Waals surface area (Å²) in [5.41, 5.74) is 1.21. The Morgan fingerprint density at radius 2 is 1.59 bits per heavy atom. The van der Waals surface area contributed by atoms with Crippen LogP contribution in [0.3, 0.4) is 0 Å². The average molecular weight is 556 g/mol. The largest absolute Gasteiger partial charge is 0.494 e. The Hall–Kier alpha value is -3.92. The first kappa shape index (κ1) is 29.6. The van der Waals surface area contributed by atoms with Crippen LogP contribution >= 0.6 is 0 Å². The molecule has 3 rings (SSSR count). The van der Waals surface area contributed by atoms with Gasteiger partial charge in [-0.3, -0.25) is 13.9 Å². The van der Waals surface area contributed by atoms with Crippen LogP contribution < -0.4 is 14.4 Å². The molecule has 0 aromatic heterocycles. The molecule has 0 aliphatic heterocycles. The first-order valence-electron chi connectivity index (χ1n) is 12.8.